The summed E-state index contributed by atoms with van der Waals surface area (Å²) < 4.78 is 5.13. The van der Waals surface area contributed by atoms with Gasteiger partial charge >= 0.3 is 0 Å². The summed E-state index contributed by atoms with van der Waals surface area (Å²) in [6.45, 7) is 4.21. The van der Waals surface area contributed by atoms with Crippen LogP contribution in [0.5, 0.6) is 5.75 Å². The molecule has 0 aliphatic heterocycles. The maximum absolute atomic E-state index is 11.4. The van der Waals surface area contributed by atoms with Gasteiger partial charge in [0.05, 0.1) is 13.7 Å². The SMILES string of the molecule is COc1cc(C(C)C)sc1C(=O)CN. The Hall–Kier alpha value is -0.870. The summed E-state index contributed by atoms with van der Waals surface area (Å²) in [5, 5.41) is 0. The summed E-state index contributed by atoms with van der Waals surface area (Å²) in [5.41, 5.74) is 5.31. The Labute approximate surface area is 87.9 Å². The number of nitrogens with two attached hydrogens (primary N) is 1. The van der Waals surface area contributed by atoms with Crippen LogP contribution in [0.25, 0.3) is 0 Å². The number of methoxy groups -OCH3 is 1. The number of ketones is 1. The van der Waals surface area contributed by atoms with Crippen LogP contribution in [-0.2, 0) is 0 Å². The number of rotatable bonds is 4. The van der Waals surface area contributed by atoms with Crippen LogP contribution in [0.1, 0.15) is 34.3 Å². The van der Waals surface area contributed by atoms with Crippen molar-refractivity contribution in [3.8, 4) is 5.75 Å². The van der Waals surface area contributed by atoms with Crippen molar-refractivity contribution in [2.75, 3.05) is 13.7 Å². The third-order valence-corrected chi connectivity index (χ3v) is 3.40. The maximum atomic E-state index is 11.4. The molecule has 0 saturated carbocycles. The molecule has 1 aromatic rings. The number of hydrogen-bond donors (Lipinski definition) is 1. The van der Waals surface area contributed by atoms with Gasteiger partial charge in [-0.05, 0) is 12.0 Å². The Morgan fingerprint density at radius 3 is 2.71 bits per heavy atom. The molecule has 0 aliphatic carbocycles. The van der Waals surface area contributed by atoms with E-state index in [-0.39, 0.29) is 12.3 Å². The average Bonchev–Trinajstić information content (AvgIpc) is 2.60. The van der Waals surface area contributed by atoms with Crippen LogP contribution in [0, 0.1) is 0 Å². The molecule has 1 rings (SSSR count). The zero-order chi connectivity index (χ0) is 10.7. The van der Waals surface area contributed by atoms with Crippen molar-refractivity contribution in [1.29, 1.82) is 0 Å². The van der Waals surface area contributed by atoms with Crippen LogP contribution in [0.4, 0.5) is 0 Å². The fourth-order valence-electron chi connectivity index (χ4n) is 1.12. The van der Waals surface area contributed by atoms with Gasteiger partial charge in [-0.3, -0.25) is 4.79 Å². The zero-order valence-electron chi connectivity index (χ0n) is 8.66. The average molecular weight is 213 g/mol. The largest absolute Gasteiger partial charge is 0.495 e. The highest BCUT2D eigenvalue weighted by Crippen LogP contribution is 2.33. The smallest absolute Gasteiger partial charge is 0.190 e. The fraction of sp³-hybridized carbons (Fsp3) is 0.500. The first kappa shape index (κ1) is 11.2. The molecule has 0 atom stereocenters. The second-order valence-electron chi connectivity index (χ2n) is 3.33. The molecule has 3 nitrogen and oxygen atoms in total. The van der Waals surface area contributed by atoms with Crippen molar-refractivity contribution in [1.82, 2.24) is 0 Å². The summed E-state index contributed by atoms with van der Waals surface area (Å²) in [6.07, 6.45) is 0. The minimum atomic E-state index is -0.0567. The highest BCUT2D eigenvalue weighted by atomic mass is 32.1. The minimum Gasteiger partial charge on any atom is -0.495 e. The molecular weight excluding hydrogens is 198 g/mol. The van der Waals surface area contributed by atoms with Gasteiger partial charge < -0.3 is 10.5 Å². The lowest BCUT2D eigenvalue weighted by Crippen LogP contribution is -2.12. The van der Waals surface area contributed by atoms with Crippen LogP contribution < -0.4 is 10.5 Å². The summed E-state index contributed by atoms with van der Waals surface area (Å²) in [5.74, 6) is 1.00. The Bertz CT molecular complexity index is 331. The van der Waals surface area contributed by atoms with E-state index in [2.05, 4.69) is 13.8 Å². The van der Waals surface area contributed by atoms with Crippen LogP contribution in [0.3, 0.4) is 0 Å². The molecule has 0 saturated heterocycles. The van der Waals surface area contributed by atoms with Crippen molar-refractivity contribution in [3.05, 3.63) is 15.8 Å². The van der Waals surface area contributed by atoms with E-state index in [4.69, 9.17) is 10.5 Å². The molecule has 0 aliphatic rings. The van der Waals surface area contributed by atoms with Gasteiger partial charge in [-0.25, -0.2) is 0 Å². The van der Waals surface area contributed by atoms with E-state index in [0.717, 1.165) is 4.88 Å². The Kier molecular flexibility index (Phi) is 3.66. The molecule has 0 radical (unpaired) electrons. The van der Waals surface area contributed by atoms with Gasteiger partial charge in [-0.2, -0.15) is 0 Å². The number of hydrogen-bond acceptors (Lipinski definition) is 4. The lowest BCUT2D eigenvalue weighted by Gasteiger charge is -1.97. The van der Waals surface area contributed by atoms with E-state index < -0.39 is 0 Å². The minimum absolute atomic E-state index is 0.0361. The lowest BCUT2D eigenvalue weighted by molar-refractivity contribution is 0.100. The van der Waals surface area contributed by atoms with Gasteiger partial charge in [-0.1, -0.05) is 13.8 Å². The molecule has 4 heteroatoms. The van der Waals surface area contributed by atoms with Gasteiger partial charge in [0.1, 0.15) is 10.6 Å². The van der Waals surface area contributed by atoms with Gasteiger partial charge in [-0.15, -0.1) is 11.3 Å². The van der Waals surface area contributed by atoms with Gasteiger partial charge in [0, 0.05) is 4.88 Å². The third-order valence-electron chi connectivity index (χ3n) is 1.94. The zero-order valence-corrected chi connectivity index (χ0v) is 9.48. The topological polar surface area (TPSA) is 52.3 Å². The highest BCUT2D eigenvalue weighted by Gasteiger charge is 2.16. The van der Waals surface area contributed by atoms with Crippen LogP contribution in [0.15, 0.2) is 6.07 Å². The summed E-state index contributed by atoms with van der Waals surface area (Å²) >= 11 is 1.47. The van der Waals surface area contributed by atoms with Crippen molar-refractivity contribution in [2.24, 2.45) is 5.73 Å². The Morgan fingerprint density at radius 1 is 1.64 bits per heavy atom. The summed E-state index contributed by atoms with van der Waals surface area (Å²) in [7, 11) is 1.57. The Balaban J connectivity index is 3.08. The number of thiophene rings is 1. The number of carbonyl (C=O) groups is 1. The summed E-state index contributed by atoms with van der Waals surface area (Å²) in [6, 6.07) is 1.91. The maximum Gasteiger partial charge on any atom is 0.190 e. The van der Waals surface area contributed by atoms with E-state index in [0.29, 0.717) is 16.5 Å². The third kappa shape index (κ3) is 2.13. The van der Waals surface area contributed by atoms with E-state index in [1.54, 1.807) is 7.11 Å². The van der Waals surface area contributed by atoms with Crippen molar-refractivity contribution in [3.63, 3.8) is 0 Å². The monoisotopic (exact) mass is 213 g/mol. The van der Waals surface area contributed by atoms with Crippen LogP contribution in [-0.4, -0.2) is 19.4 Å². The van der Waals surface area contributed by atoms with E-state index >= 15 is 0 Å². The second kappa shape index (κ2) is 4.57. The van der Waals surface area contributed by atoms with Gasteiger partial charge in [0.25, 0.3) is 0 Å². The highest BCUT2D eigenvalue weighted by molar-refractivity contribution is 7.14. The van der Waals surface area contributed by atoms with Gasteiger partial charge in [0.15, 0.2) is 5.78 Å². The van der Waals surface area contributed by atoms with Crippen LogP contribution in [0.2, 0.25) is 0 Å². The number of ether oxygens (including phenoxy) is 1. The first-order chi connectivity index (χ1) is 6.60. The molecule has 78 valence electrons. The van der Waals surface area contributed by atoms with Crippen molar-refractivity contribution < 1.29 is 9.53 Å². The molecule has 0 aromatic carbocycles. The lowest BCUT2D eigenvalue weighted by atomic mass is 10.2. The van der Waals surface area contributed by atoms with Gasteiger partial charge in [0.2, 0.25) is 0 Å². The summed E-state index contributed by atoms with van der Waals surface area (Å²) in [4.78, 5) is 13.2. The molecule has 1 heterocycles. The molecule has 2 N–H and O–H groups in total. The predicted octanol–water partition coefficient (Wildman–Crippen LogP) is 2.02. The van der Waals surface area contributed by atoms with Crippen molar-refractivity contribution in [2.45, 2.75) is 19.8 Å². The molecule has 14 heavy (non-hydrogen) atoms. The van der Waals surface area contributed by atoms with Crippen LogP contribution >= 0.6 is 11.3 Å². The standard InChI is InChI=1S/C10H15NO2S/c1-6(2)9-4-8(13-3)10(14-9)7(12)5-11/h4,6H,5,11H2,1-3H3. The molecular formula is C10H15NO2S. The number of carbonyl (C=O) groups excluding carboxylic acids is 1. The normalized spacial score (nSPS) is 10.6. The first-order valence-corrected chi connectivity index (χ1v) is 5.32. The predicted molar refractivity (Wildman–Crippen MR) is 58.3 cm³/mol. The quantitative estimate of drug-likeness (QED) is 0.778. The van der Waals surface area contributed by atoms with Crippen molar-refractivity contribution >= 4 is 17.1 Å². The van der Waals surface area contributed by atoms with E-state index in [9.17, 15) is 4.79 Å². The second-order valence-corrected chi connectivity index (χ2v) is 4.41. The fourth-order valence-corrected chi connectivity index (χ4v) is 2.19. The van der Waals surface area contributed by atoms with E-state index in [1.165, 1.54) is 11.3 Å². The molecule has 0 bridgehead atoms. The molecule has 0 unspecified atom stereocenters. The Morgan fingerprint density at radius 2 is 2.29 bits per heavy atom. The number of Topliss-reactive ketones (excluding diaryl/α,β-unsaturated/α-hetero) is 1. The first-order valence-electron chi connectivity index (χ1n) is 4.51. The molecule has 0 fully saturated rings. The molecule has 0 amide bonds. The van der Waals surface area contributed by atoms with E-state index in [1.807, 2.05) is 6.07 Å². The molecule has 1 aromatic heterocycles. The molecule has 0 spiro atoms.